The summed E-state index contributed by atoms with van der Waals surface area (Å²) in [6, 6.07) is 14.6. The predicted molar refractivity (Wildman–Crippen MR) is 90.6 cm³/mol. The molecule has 5 heteroatoms. The standard InChI is InChI=1S/C17H17BrN4/c18-16-10-15(11-19)17(20-12-16)22-8-6-21(7-9-22)13-14-4-2-1-3-5-14/h1-5,10,12H,6-9,13H2. The van der Waals surface area contributed by atoms with Crippen molar-refractivity contribution in [3.05, 3.63) is 58.2 Å². The number of aromatic nitrogens is 1. The third-order valence-electron chi connectivity index (χ3n) is 3.87. The van der Waals surface area contributed by atoms with Gasteiger partial charge in [-0.3, -0.25) is 4.90 Å². The van der Waals surface area contributed by atoms with Gasteiger partial charge in [0.2, 0.25) is 0 Å². The van der Waals surface area contributed by atoms with Gasteiger partial charge in [-0.1, -0.05) is 30.3 Å². The first-order valence-corrected chi connectivity index (χ1v) is 8.12. The van der Waals surface area contributed by atoms with E-state index in [4.69, 9.17) is 0 Å². The van der Waals surface area contributed by atoms with Gasteiger partial charge in [-0.15, -0.1) is 0 Å². The molecule has 0 amide bonds. The van der Waals surface area contributed by atoms with Crippen LogP contribution in [-0.2, 0) is 6.54 Å². The van der Waals surface area contributed by atoms with Crippen LogP contribution >= 0.6 is 15.9 Å². The number of pyridine rings is 1. The largest absolute Gasteiger partial charge is 0.353 e. The normalized spacial score (nSPS) is 15.5. The lowest BCUT2D eigenvalue weighted by molar-refractivity contribution is 0.249. The topological polar surface area (TPSA) is 43.2 Å². The highest BCUT2D eigenvalue weighted by atomic mass is 79.9. The second-order valence-corrected chi connectivity index (χ2v) is 6.30. The molecule has 1 fully saturated rings. The Hall–Kier alpha value is -1.90. The van der Waals surface area contributed by atoms with Crippen molar-refractivity contribution in [2.75, 3.05) is 31.1 Å². The van der Waals surface area contributed by atoms with Crippen LogP contribution in [-0.4, -0.2) is 36.1 Å². The van der Waals surface area contributed by atoms with Gasteiger partial charge in [-0.2, -0.15) is 5.26 Å². The lowest BCUT2D eigenvalue weighted by atomic mass is 10.2. The van der Waals surface area contributed by atoms with E-state index in [1.165, 1.54) is 5.56 Å². The molecule has 2 heterocycles. The van der Waals surface area contributed by atoms with Crippen molar-refractivity contribution in [2.45, 2.75) is 6.54 Å². The molecule has 0 bridgehead atoms. The molecule has 0 saturated carbocycles. The van der Waals surface area contributed by atoms with E-state index in [2.05, 4.69) is 61.0 Å². The molecule has 0 unspecified atom stereocenters. The van der Waals surface area contributed by atoms with E-state index < -0.39 is 0 Å². The molecule has 1 aliphatic rings. The van der Waals surface area contributed by atoms with Gasteiger partial charge in [0.1, 0.15) is 11.9 Å². The average molecular weight is 357 g/mol. The molecule has 1 aromatic carbocycles. The average Bonchev–Trinajstić information content (AvgIpc) is 2.56. The summed E-state index contributed by atoms with van der Waals surface area (Å²) < 4.78 is 0.843. The van der Waals surface area contributed by atoms with Crippen LogP contribution in [0.4, 0.5) is 5.82 Å². The Morgan fingerprint density at radius 2 is 1.86 bits per heavy atom. The smallest absolute Gasteiger partial charge is 0.146 e. The van der Waals surface area contributed by atoms with Crippen LogP contribution < -0.4 is 4.90 Å². The molecular weight excluding hydrogens is 340 g/mol. The minimum atomic E-state index is 0.630. The Bertz CT molecular complexity index is 673. The van der Waals surface area contributed by atoms with Crippen LogP contribution in [0.2, 0.25) is 0 Å². The Morgan fingerprint density at radius 3 is 2.55 bits per heavy atom. The molecule has 2 aromatic rings. The number of hydrogen-bond acceptors (Lipinski definition) is 4. The summed E-state index contributed by atoms with van der Waals surface area (Å²) >= 11 is 3.37. The molecule has 1 aliphatic heterocycles. The van der Waals surface area contributed by atoms with Gasteiger partial charge in [-0.25, -0.2) is 4.98 Å². The highest BCUT2D eigenvalue weighted by Gasteiger charge is 2.20. The lowest BCUT2D eigenvalue weighted by Crippen LogP contribution is -2.46. The summed E-state index contributed by atoms with van der Waals surface area (Å²) in [5.74, 6) is 0.796. The maximum Gasteiger partial charge on any atom is 0.146 e. The zero-order valence-corrected chi connectivity index (χ0v) is 13.8. The maximum absolute atomic E-state index is 9.27. The summed E-state index contributed by atoms with van der Waals surface area (Å²) in [5.41, 5.74) is 1.97. The summed E-state index contributed by atoms with van der Waals surface area (Å²) in [6.07, 6.45) is 1.76. The number of rotatable bonds is 3. The van der Waals surface area contributed by atoms with E-state index >= 15 is 0 Å². The highest BCUT2D eigenvalue weighted by Crippen LogP contribution is 2.22. The first-order chi connectivity index (χ1) is 10.8. The van der Waals surface area contributed by atoms with Crippen LogP contribution in [0.15, 0.2) is 47.1 Å². The van der Waals surface area contributed by atoms with Gasteiger partial charge < -0.3 is 4.90 Å². The van der Waals surface area contributed by atoms with Crippen molar-refractivity contribution in [3.8, 4) is 6.07 Å². The van der Waals surface area contributed by atoms with Crippen LogP contribution in [0.1, 0.15) is 11.1 Å². The fourth-order valence-electron chi connectivity index (χ4n) is 2.73. The minimum Gasteiger partial charge on any atom is -0.353 e. The molecule has 4 nitrogen and oxygen atoms in total. The molecule has 0 aliphatic carbocycles. The number of piperazine rings is 1. The molecule has 1 aromatic heterocycles. The van der Waals surface area contributed by atoms with Crippen molar-refractivity contribution in [1.82, 2.24) is 9.88 Å². The van der Waals surface area contributed by atoms with Crippen molar-refractivity contribution in [2.24, 2.45) is 0 Å². The monoisotopic (exact) mass is 356 g/mol. The second-order valence-electron chi connectivity index (χ2n) is 5.39. The third-order valence-corrected chi connectivity index (χ3v) is 4.31. The molecule has 3 rings (SSSR count). The number of hydrogen-bond donors (Lipinski definition) is 0. The molecular formula is C17H17BrN4. The maximum atomic E-state index is 9.27. The quantitative estimate of drug-likeness (QED) is 0.847. The van der Waals surface area contributed by atoms with Crippen molar-refractivity contribution in [3.63, 3.8) is 0 Å². The molecule has 0 atom stereocenters. The summed E-state index contributed by atoms with van der Waals surface area (Å²) in [5, 5.41) is 9.27. The summed E-state index contributed by atoms with van der Waals surface area (Å²) in [7, 11) is 0. The van der Waals surface area contributed by atoms with E-state index in [0.29, 0.717) is 5.56 Å². The Morgan fingerprint density at radius 1 is 1.14 bits per heavy atom. The number of nitriles is 1. The van der Waals surface area contributed by atoms with Crippen molar-refractivity contribution < 1.29 is 0 Å². The van der Waals surface area contributed by atoms with Crippen molar-refractivity contribution in [1.29, 1.82) is 5.26 Å². The Kier molecular flexibility index (Phi) is 4.71. The lowest BCUT2D eigenvalue weighted by Gasteiger charge is -2.35. The Labute approximate surface area is 139 Å². The van der Waals surface area contributed by atoms with Crippen LogP contribution in [0.25, 0.3) is 0 Å². The SMILES string of the molecule is N#Cc1cc(Br)cnc1N1CCN(Cc2ccccc2)CC1. The van der Waals surface area contributed by atoms with Gasteiger partial charge in [-0.05, 0) is 27.6 Å². The highest BCUT2D eigenvalue weighted by molar-refractivity contribution is 9.10. The van der Waals surface area contributed by atoms with Gasteiger partial charge in [0.25, 0.3) is 0 Å². The van der Waals surface area contributed by atoms with E-state index in [9.17, 15) is 5.26 Å². The Balaban J connectivity index is 1.64. The van der Waals surface area contributed by atoms with Crippen LogP contribution in [0, 0.1) is 11.3 Å². The first-order valence-electron chi connectivity index (χ1n) is 7.33. The van der Waals surface area contributed by atoms with E-state index in [1.54, 1.807) is 6.20 Å². The molecule has 0 N–H and O–H groups in total. The fraction of sp³-hybridized carbons (Fsp3) is 0.294. The van der Waals surface area contributed by atoms with Gasteiger partial charge >= 0.3 is 0 Å². The zero-order valence-electron chi connectivity index (χ0n) is 12.2. The van der Waals surface area contributed by atoms with Crippen LogP contribution in [0.3, 0.4) is 0 Å². The second kappa shape index (κ2) is 6.91. The molecule has 1 saturated heterocycles. The number of halogens is 1. The first kappa shape index (κ1) is 15.0. The number of anilines is 1. The van der Waals surface area contributed by atoms with E-state index in [-0.39, 0.29) is 0 Å². The fourth-order valence-corrected chi connectivity index (χ4v) is 3.06. The van der Waals surface area contributed by atoms with Crippen LogP contribution in [0.5, 0.6) is 0 Å². The number of benzene rings is 1. The number of nitrogens with zero attached hydrogens (tertiary/aromatic N) is 4. The van der Waals surface area contributed by atoms with Gasteiger partial charge in [0.15, 0.2) is 0 Å². The molecule has 0 radical (unpaired) electrons. The zero-order chi connectivity index (χ0) is 15.4. The summed E-state index contributed by atoms with van der Waals surface area (Å²) in [6.45, 7) is 4.74. The third kappa shape index (κ3) is 3.46. The van der Waals surface area contributed by atoms with Gasteiger partial charge in [0.05, 0.1) is 5.56 Å². The van der Waals surface area contributed by atoms with E-state index in [1.807, 2.05) is 12.1 Å². The minimum absolute atomic E-state index is 0.630. The van der Waals surface area contributed by atoms with Gasteiger partial charge in [0, 0.05) is 43.4 Å². The molecule has 112 valence electrons. The molecule has 22 heavy (non-hydrogen) atoms. The summed E-state index contributed by atoms with van der Waals surface area (Å²) in [4.78, 5) is 9.06. The molecule has 0 spiro atoms. The predicted octanol–water partition coefficient (Wildman–Crippen LogP) is 3.04. The van der Waals surface area contributed by atoms with E-state index in [0.717, 1.165) is 43.0 Å². The van der Waals surface area contributed by atoms with Crippen molar-refractivity contribution >= 4 is 21.7 Å².